The molecule has 1 N–H and O–H groups in total. The number of carbonyl (C=O) groups excluding carboxylic acids is 1. The summed E-state index contributed by atoms with van der Waals surface area (Å²) >= 11 is 0. The molecule has 0 aliphatic carbocycles. The second-order valence-electron chi connectivity index (χ2n) is 5.45. The van der Waals surface area contributed by atoms with Gasteiger partial charge in [-0.3, -0.25) is 4.79 Å². The van der Waals surface area contributed by atoms with E-state index in [4.69, 9.17) is 4.74 Å². The zero-order chi connectivity index (χ0) is 13.4. The van der Waals surface area contributed by atoms with Crippen molar-refractivity contribution >= 4 is 5.97 Å². The molecule has 0 radical (unpaired) electrons. The molecular formula is C14H28N2O2. The van der Waals surface area contributed by atoms with Crippen molar-refractivity contribution in [3.63, 3.8) is 0 Å². The van der Waals surface area contributed by atoms with E-state index in [1.165, 1.54) is 25.8 Å². The van der Waals surface area contributed by atoms with Gasteiger partial charge in [-0.1, -0.05) is 6.42 Å². The Balaban J connectivity index is 1.99. The maximum Gasteiger partial charge on any atom is 0.320 e. The number of nitrogens with zero attached hydrogens (tertiary/aromatic N) is 1. The van der Waals surface area contributed by atoms with Crippen molar-refractivity contribution in [2.24, 2.45) is 0 Å². The first-order valence-corrected chi connectivity index (χ1v) is 7.24. The minimum atomic E-state index is -0.156. The average Bonchev–Trinajstić information content (AvgIpc) is 2.30. The van der Waals surface area contributed by atoms with E-state index < -0.39 is 0 Å². The van der Waals surface area contributed by atoms with Crippen molar-refractivity contribution in [3.8, 4) is 0 Å². The second-order valence-corrected chi connectivity index (χ2v) is 5.45. The Kier molecular flexibility index (Phi) is 7.28. The molecule has 0 saturated carbocycles. The molecule has 0 aromatic rings. The van der Waals surface area contributed by atoms with Crippen LogP contribution < -0.4 is 5.32 Å². The van der Waals surface area contributed by atoms with Crippen molar-refractivity contribution in [2.75, 3.05) is 26.2 Å². The highest BCUT2D eigenvalue weighted by molar-refractivity contribution is 5.71. The molecule has 1 rings (SSSR count). The minimum Gasteiger partial charge on any atom is -0.462 e. The third-order valence-corrected chi connectivity index (χ3v) is 3.38. The van der Waals surface area contributed by atoms with E-state index >= 15 is 0 Å². The number of hydrogen-bond donors (Lipinski definition) is 1. The Morgan fingerprint density at radius 3 is 2.89 bits per heavy atom. The van der Waals surface area contributed by atoms with Gasteiger partial charge in [0.15, 0.2) is 0 Å². The van der Waals surface area contributed by atoms with Crippen LogP contribution in [0.3, 0.4) is 0 Å². The van der Waals surface area contributed by atoms with E-state index in [2.05, 4.69) is 17.1 Å². The number of piperidine rings is 1. The van der Waals surface area contributed by atoms with Gasteiger partial charge in [0.2, 0.25) is 0 Å². The van der Waals surface area contributed by atoms with Gasteiger partial charge in [0.1, 0.15) is 0 Å². The quantitative estimate of drug-likeness (QED) is 0.557. The summed E-state index contributed by atoms with van der Waals surface area (Å²) in [5.41, 5.74) is 0. The van der Waals surface area contributed by atoms with Crippen molar-refractivity contribution in [3.05, 3.63) is 0 Å². The maximum absolute atomic E-state index is 11.3. The smallest absolute Gasteiger partial charge is 0.320 e. The summed E-state index contributed by atoms with van der Waals surface area (Å²) in [7, 11) is 0. The SMILES string of the molecule is CC(C)OC(=O)CNCCCN1CCCCC1C. The number of rotatable bonds is 7. The van der Waals surface area contributed by atoms with Gasteiger partial charge in [-0.15, -0.1) is 0 Å². The molecule has 0 bridgehead atoms. The maximum atomic E-state index is 11.3. The summed E-state index contributed by atoms with van der Waals surface area (Å²) in [5.74, 6) is -0.156. The zero-order valence-electron chi connectivity index (χ0n) is 12.1. The standard InChI is InChI=1S/C14H28N2O2/c1-12(2)18-14(17)11-15-8-6-10-16-9-5-4-7-13(16)3/h12-13,15H,4-11H2,1-3H3. The van der Waals surface area contributed by atoms with Gasteiger partial charge in [-0.2, -0.15) is 0 Å². The molecule has 1 atom stereocenters. The molecule has 1 unspecified atom stereocenters. The Morgan fingerprint density at radius 1 is 1.44 bits per heavy atom. The summed E-state index contributed by atoms with van der Waals surface area (Å²) < 4.78 is 5.05. The molecule has 0 aromatic carbocycles. The van der Waals surface area contributed by atoms with E-state index in [1.807, 2.05) is 13.8 Å². The second kappa shape index (κ2) is 8.48. The van der Waals surface area contributed by atoms with Crippen LogP contribution >= 0.6 is 0 Å². The summed E-state index contributed by atoms with van der Waals surface area (Å²) in [6.45, 7) is 9.63. The van der Waals surface area contributed by atoms with Gasteiger partial charge < -0.3 is 15.0 Å². The van der Waals surface area contributed by atoms with Gasteiger partial charge >= 0.3 is 5.97 Å². The van der Waals surface area contributed by atoms with Crippen molar-refractivity contribution < 1.29 is 9.53 Å². The van der Waals surface area contributed by atoms with E-state index in [1.54, 1.807) is 0 Å². The Bertz CT molecular complexity index is 244. The molecule has 0 aromatic heterocycles. The summed E-state index contributed by atoms with van der Waals surface area (Å²) in [6.07, 6.45) is 5.11. The van der Waals surface area contributed by atoms with Crippen LogP contribution in [0.15, 0.2) is 0 Å². The molecule has 106 valence electrons. The van der Waals surface area contributed by atoms with E-state index in [-0.39, 0.29) is 12.1 Å². The summed E-state index contributed by atoms with van der Waals surface area (Å²) in [6, 6.07) is 0.727. The van der Waals surface area contributed by atoms with Crippen molar-refractivity contribution in [2.45, 2.75) is 58.6 Å². The normalized spacial score (nSPS) is 21.2. The monoisotopic (exact) mass is 256 g/mol. The number of ether oxygens (including phenoxy) is 1. The van der Waals surface area contributed by atoms with Crippen LogP contribution in [0.2, 0.25) is 0 Å². The first-order chi connectivity index (χ1) is 8.59. The first kappa shape index (κ1) is 15.4. The molecule has 0 spiro atoms. The molecule has 1 fully saturated rings. The van der Waals surface area contributed by atoms with E-state index in [0.717, 1.165) is 25.6 Å². The lowest BCUT2D eigenvalue weighted by atomic mass is 10.0. The molecule has 18 heavy (non-hydrogen) atoms. The topological polar surface area (TPSA) is 41.6 Å². The molecule has 1 aliphatic rings. The fourth-order valence-electron chi connectivity index (χ4n) is 2.39. The van der Waals surface area contributed by atoms with Gasteiger partial charge in [-0.25, -0.2) is 0 Å². The number of esters is 1. The van der Waals surface area contributed by atoms with Crippen LogP contribution in [-0.4, -0.2) is 49.2 Å². The Hall–Kier alpha value is -0.610. The molecule has 1 aliphatic heterocycles. The van der Waals surface area contributed by atoms with Gasteiger partial charge in [0.25, 0.3) is 0 Å². The van der Waals surface area contributed by atoms with Gasteiger partial charge in [0.05, 0.1) is 12.6 Å². The van der Waals surface area contributed by atoms with Crippen LogP contribution in [0.5, 0.6) is 0 Å². The Morgan fingerprint density at radius 2 is 2.22 bits per heavy atom. The number of hydrogen-bond acceptors (Lipinski definition) is 4. The third kappa shape index (κ3) is 6.36. The lowest BCUT2D eigenvalue weighted by Gasteiger charge is -2.33. The first-order valence-electron chi connectivity index (χ1n) is 7.24. The van der Waals surface area contributed by atoms with E-state index in [9.17, 15) is 4.79 Å². The summed E-state index contributed by atoms with van der Waals surface area (Å²) in [5, 5.41) is 3.14. The minimum absolute atomic E-state index is 0.0199. The van der Waals surface area contributed by atoms with Crippen LogP contribution in [-0.2, 0) is 9.53 Å². The van der Waals surface area contributed by atoms with Gasteiger partial charge in [0, 0.05) is 6.04 Å². The van der Waals surface area contributed by atoms with Crippen molar-refractivity contribution in [1.29, 1.82) is 0 Å². The highest BCUT2D eigenvalue weighted by Crippen LogP contribution is 2.15. The molecule has 4 heteroatoms. The predicted octanol–water partition coefficient (Wildman–Crippen LogP) is 1.79. The number of carbonyl (C=O) groups is 1. The molecular weight excluding hydrogens is 228 g/mol. The molecule has 4 nitrogen and oxygen atoms in total. The lowest BCUT2D eigenvalue weighted by Crippen LogP contribution is -2.39. The largest absolute Gasteiger partial charge is 0.462 e. The van der Waals surface area contributed by atoms with Gasteiger partial charge in [-0.05, 0) is 59.7 Å². The third-order valence-electron chi connectivity index (χ3n) is 3.38. The van der Waals surface area contributed by atoms with Crippen LogP contribution in [0.4, 0.5) is 0 Å². The van der Waals surface area contributed by atoms with Crippen LogP contribution in [0.1, 0.15) is 46.5 Å². The van der Waals surface area contributed by atoms with Crippen LogP contribution in [0, 0.1) is 0 Å². The highest BCUT2D eigenvalue weighted by atomic mass is 16.5. The fraction of sp³-hybridized carbons (Fsp3) is 0.929. The van der Waals surface area contributed by atoms with Crippen LogP contribution in [0.25, 0.3) is 0 Å². The average molecular weight is 256 g/mol. The number of likely N-dealkylation sites (tertiary alicyclic amines) is 1. The zero-order valence-corrected chi connectivity index (χ0v) is 12.1. The highest BCUT2D eigenvalue weighted by Gasteiger charge is 2.17. The lowest BCUT2D eigenvalue weighted by molar-refractivity contribution is -0.146. The molecule has 1 saturated heterocycles. The summed E-state index contributed by atoms with van der Waals surface area (Å²) in [4.78, 5) is 13.8. The Labute approximate surface area is 111 Å². The molecule has 1 heterocycles. The molecule has 0 amide bonds. The van der Waals surface area contributed by atoms with Crippen molar-refractivity contribution in [1.82, 2.24) is 10.2 Å². The number of nitrogens with one attached hydrogen (secondary N) is 1. The fourth-order valence-corrected chi connectivity index (χ4v) is 2.39. The predicted molar refractivity (Wildman–Crippen MR) is 73.6 cm³/mol. The van der Waals surface area contributed by atoms with E-state index in [0.29, 0.717) is 6.54 Å².